The van der Waals surface area contributed by atoms with Crippen LogP contribution in [0.25, 0.3) is 10.9 Å². The maximum absolute atomic E-state index is 13.7. The van der Waals surface area contributed by atoms with E-state index in [0.29, 0.717) is 28.3 Å². The molecule has 4 heterocycles. The van der Waals surface area contributed by atoms with Crippen LogP contribution in [-0.2, 0) is 22.4 Å². The van der Waals surface area contributed by atoms with Crippen molar-refractivity contribution < 1.29 is 33.8 Å². The molecule has 3 N–H and O–H groups in total. The van der Waals surface area contributed by atoms with Crippen molar-refractivity contribution in [3.63, 3.8) is 0 Å². The summed E-state index contributed by atoms with van der Waals surface area (Å²) in [4.78, 5) is 50.8. The molecule has 12 heteroatoms. The number of rotatable bonds is 9. The summed E-state index contributed by atoms with van der Waals surface area (Å²) in [7, 11) is 3.19. The van der Waals surface area contributed by atoms with E-state index < -0.39 is 0 Å². The lowest BCUT2D eigenvalue weighted by Crippen LogP contribution is -2.57. The van der Waals surface area contributed by atoms with Crippen molar-refractivity contribution in [1.82, 2.24) is 20.0 Å². The maximum Gasteiger partial charge on any atom is 0.290 e. The van der Waals surface area contributed by atoms with Gasteiger partial charge < -0.3 is 30.1 Å². The number of hydrogen-bond donors (Lipinski definition) is 3. The second-order valence-electron chi connectivity index (χ2n) is 11.3. The minimum Gasteiger partial charge on any atom is -0.497 e. The smallest absolute Gasteiger partial charge is 0.290 e. The largest absolute Gasteiger partial charge is 0.497 e. The van der Waals surface area contributed by atoms with Crippen LogP contribution < -0.4 is 20.1 Å². The highest BCUT2D eigenvalue weighted by Gasteiger charge is 2.35. The highest BCUT2D eigenvalue weighted by atomic mass is 16.5. The van der Waals surface area contributed by atoms with Crippen molar-refractivity contribution in [2.75, 3.05) is 39.2 Å². The van der Waals surface area contributed by atoms with Gasteiger partial charge in [-0.1, -0.05) is 24.3 Å². The predicted molar refractivity (Wildman–Crippen MR) is 171 cm³/mol. The zero-order valence-corrected chi connectivity index (χ0v) is 25.8. The minimum atomic E-state index is -0.318. The lowest BCUT2D eigenvalue weighted by atomic mass is 9.84. The summed E-state index contributed by atoms with van der Waals surface area (Å²) in [5.41, 5.74) is 2.83. The first kappa shape index (κ1) is 32.2. The molecule has 0 radical (unpaired) electrons. The Morgan fingerprint density at radius 3 is 2.04 bits per heavy atom. The molecule has 0 unspecified atom stereocenters. The zero-order valence-electron chi connectivity index (χ0n) is 25.8. The number of benzene rings is 3. The third-order valence-corrected chi connectivity index (χ3v) is 8.43. The number of carbonyl (C=O) groups is 4. The number of hydrogen-bond acceptors (Lipinski definition) is 8. The van der Waals surface area contributed by atoms with Crippen LogP contribution in [0.5, 0.6) is 11.5 Å². The van der Waals surface area contributed by atoms with Crippen LogP contribution in [0.4, 0.5) is 5.69 Å². The lowest BCUT2D eigenvalue weighted by molar-refractivity contribution is -0.123. The Balaban J connectivity index is 0.00000134. The van der Waals surface area contributed by atoms with Gasteiger partial charge in [0.2, 0.25) is 5.91 Å². The molecular weight excluding hydrogens is 590 g/mol. The molecule has 3 saturated heterocycles. The van der Waals surface area contributed by atoms with E-state index in [0.717, 1.165) is 49.4 Å². The fourth-order valence-corrected chi connectivity index (χ4v) is 6.05. The summed E-state index contributed by atoms with van der Waals surface area (Å²) in [5, 5.41) is 18.1. The number of anilines is 1. The second kappa shape index (κ2) is 14.7. The Bertz CT molecular complexity index is 1690. The summed E-state index contributed by atoms with van der Waals surface area (Å²) in [5.74, 6) is 1.07. The van der Waals surface area contributed by atoms with Crippen LogP contribution in [0.3, 0.4) is 0 Å². The van der Waals surface area contributed by atoms with Gasteiger partial charge in [-0.15, -0.1) is 0 Å². The number of nitrogens with one attached hydrogen (secondary N) is 2. The predicted octanol–water partition coefficient (Wildman–Crippen LogP) is 3.64. The number of ether oxygens (including phenoxy) is 2. The molecule has 1 atom stereocenters. The first-order valence-corrected chi connectivity index (χ1v) is 15.0. The number of aromatic nitrogens is 2. The Hall–Kier alpha value is -5.23. The van der Waals surface area contributed by atoms with Gasteiger partial charge in [0.25, 0.3) is 18.3 Å². The van der Waals surface area contributed by atoms with Gasteiger partial charge in [0.15, 0.2) is 5.69 Å². The van der Waals surface area contributed by atoms with Crippen molar-refractivity contribution in [3.05, 3.63) is 83.6 Å². The molecule has 3 fully saturated rings. The molecule has 0 saturated carbocycles. The van der Waals surface area contributed by atoms with Crippen LogP contribution in [-0.4, -0.2) is 83.9 Å². The lowest BCUT2D eigenvalue weighted by Gasteiger charge is -2.44. The molecule has 0 spiro atoms. The van der Waals surface area contributed by atoms with Gasteiger partial charge in [0, 0.05) is 23.7 Å². The Morgan fingerprint density at radius 1 is 0.913 bits per heavy atom. The summed E-state index contributed by atoms with van der Waals surface area (Å²) >= 11 is 0. The van der Waals surface area contributed by atoms with Crippen molar-refractivity contribution in [3.8, 4) is 11.5 Å². The van der Waals surface area contributed by atoms with Gasteiger partial charge >= 0.3 is 0 Å². The third kappa shape index (κ3) is 7.52. The van der Waals surface area contributed by atoms with Gasteiger partial charge in [-0.05, 0) is 85.4 Å². The molecule has 3 aliphatic heterocycles. The summed E-state index contributed by atoms with van der Waals surface area (Å²) in [6.07, 6.45) is 2.39. The number of carbonyl (C=O) groups excluding carboxylic acids is 3. The van der Waals surface area contributed by atoms with Gasteiger partial charge in [0.05, 0.1) is 32.6 Å². The number of amides is 2. The molecule has 4 aromatic rings. The van der Waals surface area contributed by atoms with E-state index in [1.807, 2.05) is 36.4 Å². The summed E-state index contributed by atoms with van der Waals surface area (Å²) in [6.45, 7) is 2.69. The van der Waals surface area contributed by atoms with Crippen molar-refractivity contribution >= 4 is 40.8 Å². The number of piperidine rings is 3. The minimum absolute atomic E-state index is 0.0394. The monoisotopic (exact) mass is 627 g/mol. The van der Waals surface area contributed by atoms with E-state index in [9.17, 15) is 14.4 Å². The molecular formula is C34H37N5O7. The molecule has 0 aliphatic carbocycles. The Morgan fingerprint density at radius 2 is 1.50 bits per heavy atom. The highest BCUT2D eigenvalue weighted by Crippen LogP contribution is 2.29. The fraction of sp³-hybridized carbons (Fsp3) is 0.324. The molecule has 3 aromatic carbocycles. The maximum atomic E-state index is 13.7. The van der Waals surface area contributed by atoms with Gasteiger partial charge in [-0.2, -0.15) is 9.78 Å². The Kier molecular flexibility index (Phi) is 10.3. The summed E-state index contributed by atoms with van der Waals surface area (Å²) in [6, 6.07) is 19.8. The average molecular weight is 628 g/mol. The SMILES string of the molecule is COc1ccc(CC(=O)Nc2ccc3c(c2)c(C(=O)N[C@@H]2CN4CCC2CC4)nn3C(=O)Cc2ccc(OC)cc2)cc1.O=CO. The van der Waals surface area contributed by atoms with Crippen molar-refractivity contribution in [2.24, 2.45) is 5.92 Å². The first-order chi connectivity index (χ1) is 22.3. The third-order valence-electron chi connectivity index (χ3n) is 8.43. The van der Waals surface area contributed by atoms with Crippen LogP contribution in [0, 0.1) is 5.92 Å². The van der Waals surface area contributed by atoms with Crippen LogP contribution >= 0.6 is 0 Å². The number of nitrogens with zero attached hydrogens (tertiary/aromatic N) is 3. The zero-order chi connectivity index (χ0) is 32.6. The normalized spacial score (nSPS) is 18.2. The van der Waals surface area contributed by atoms with Gasteiger partial charge in [-0.3, -0.25) is 19.2 Å². The summed E-state index contributed by atoms with van der Waals surface area (Å²) < 4.78 is 11.7. The molecule has 240 valence electrons. The molecule has 2 bridgehead atoms. The highest BCUT2D eigenvalue weighted by molar-refractivity contribution is 6.08. The molecule has 1 aromatic heterocycles. The first-order valence-electron chi connectivity index (χ1n) is 15.0. The number of fused-ring (bicyclic) bond motifs is 4. The van der Waals surface area contributed by atoms with E-state index in [-0.39, 0.29) is 48.8 Å². The topological polar surface area (TPSA) is 152 Å². The molecule has 7 rings (SSSR count). The van der Waals surface area contributed by atoms with Gasteiger partial charge in [0.1, 0.15) is 11.5 Å². The van der Waals surface area contributed by atoms with Crippen LogP contribution in [0.2, 0.25) is 0 Å². The average Bonchev–Trinajstić information content (AvgIpc) is 3.45. The second-order valence-corrected chi connectivity index (χ2v) is 11.3. The number of methoxy groups -OCH3 is 2. The quantitative estimate of drug-likeness (QED) is 0.236. The molecule has 46 heavy (non-hydrogen) atoms. The van der Waals surface area contributed by atoms with E-state index in [1.165, 1.54) is 4.68 Å². The van der Waals surface area contributed by atoms with Gasteiger partial charge in [-0.25, -0.2) is 0 Å². The Labute approximate surface area is 266 Å². The van der Waals surface area contributed by atoms with E-state index in [1.54, 1.807) is 44.6 Å². The molecule has 3 aliphatic rings. The van der Waals surface area contributed by atoms with Crippen LogP contribution in [0.15, 0.2) is 66.7 Å². The fourth-order valence-electron chi connectivity index (χ4n) is 6.05. The molecule has 12 nitrogen and oxygen atoms in total. The van der Waals surface area contributed by atoms with Crippen LogP contribution in [0.1, 0.15) is 39.3 Å². The molecule has 2 amide bonds. The standard InChI is InChI=1S/C33H35N5O5.CH2O2/c1-42-25-8-3-21(4-9-25)17-30(39)34-24-7-12-29-27(19-24)32(33(41)35-28-20-37-15-13-23(28)14-16-37)36-38(29)31(40)18-22-5-10-26(43-2)11-6-22;2-1-3/h3-12,19,23,28H,13-18,20H2,1-2H3,(H,34,39)(H,35,41);1H,(H,2,3)/t28-;/m1./s1. The van der Waals surface area contributed by atoms with Crippen molar-refractivity contribution in [2.45, 2.75) is 31.7 Å². The van der Waals surface area contributed by atoms with E-state index in [2.05, 4.69) is 20.6 Å². The van der Waals surface area contributed by atoms with E-state index >= 15 is 0 Å². The van der Waals surface area contributed by atoms with E-state index in [4.69, 9.17) is 19.4 Å². The number of carboxylic acid groups (broad SMARTS) is 1. The van der Waals surface area contributed by atoms with Crippen molar-refractivity contribution in [1.29, 1.82) is 0 Å².